The Kier molecular flexibility index (Phi) is 3.83. The van der Waals surface area contributed by atoms with Gasteiger partial charge in [0.15, 0.2) is 0 Å². The van der Waals surface area contributed by atoms with Gasteiger partial charge in [-0.15, -0.1) is 0 Å². The van der Waals surface area contributed by atoms with E-state index >= 15 is 0 Å². The van der Waals surface area contributed by atoms with Crippen LogP contribution in [0.5, 0.6) is 0 Å². The van der Waals surface area contributed by atoms with Gasteiger partial charge in [0, 0.05) is 0 Å². The van der Waals surface area contributed by atoms with E-state index in [1.165, 1.54) is 0 Å². The van der Waals surface area contributed by atoms with E-state index in [2.05, 4.69) is 0 Å². The van der Waals surface area contributed by atoms with Crippen molar-refractivity contribution in [2.45, 2.75) is 15.1 Å². The molecule has 7 heterocycles. The summed E-state index contributed by atoms with van der Waals surface area (Å²) in [5, 5.41) is 3.17. The third kappa shape index (κ3) is 2.03. The number of aliphatic hydroxyl groups is 1. The van der Waals surface area contributed by atoms with Crippen LogP contribution in [0, 0.1) is 0 Å². The molecular weight excluding hydrogens is 549 g/mol. The molecule has 11 atom stereocenters. The van der Waals surface area contributed by atoms with Gasteiger partial charge in [0.05, 0.1) is 0 Å². The van der Waals surface area contributed by atoms with Gasteiger partial charge < -0.3 is 77.0 Å². The lowest BCUT2D eigenvalue weighted by Crippen LogP contribution is -3.04. The van der Waals surface area contributed by atoms with Gasteiger partial charge in [-0.3, -0.25) is 4.43 Å². The zero-order valence-corrected chi connectivity index (χ0v) is 22.2. The Morgan fingerprint density at radius 2 is 1.62 bits per heavy atom. The second-order valence-electron chi connectivity index (χ2n) is 6.82. The zero-order chi connectivity index (χ0) is 20.9. The maximum atomic E-state index is 11.1. The van der Waals surface area contributed by atoms with Crippen molar-refractivity contribution >= 4 is 72.8 Å². The van der Waals surface area contributed by atoms with Gasteiger partial charge in [-0.2, -0.15) is 0 Å². The molecule has 7 aliphatic rings. The first-order valence-corrected chi connectivity index (χ1v) is 21.0. The van der Waals surface area contributed by atoms with Crippen molar-refractivity contribution in [3.63, 3.8) is 0 Å². The first-order valence-electron chi connectivity index (χ1n) is 7.83. The summed E-state index contributed by atoms with van der Waals surface area (Å²) in [6, 6.07) is 0. The van der Waals surface area contributed by atoms with Crippen LogP contribution in [-0.4, -0.2) is 127 Å². The Labute approximate surface area is 169 Å². The lowest BCUT2D eigenvalue weighted by molar-refractivity contribution is -0.226. The van der Waals surface area contributed by atoms with E-state index in [0.717, 1.165) is 0 Å². The molecule has 0 aliphatic carbocycles. The van der Waals surface area contributed by atoms with Crippen LogP contribution >= 0.6 is 0 Å². The summed E-state index contributed by atoms with van der Waals surface area (Å²) in [5.74, 6) is 0. The molecule has 7 rings (SSSR count). The molecule has 7 saturated heterocycles. The topological polar surface area (TPSA) is 259 Å². The Hall–Kier alpha value is 1.02. The molecule has 3 spiro atoms. The lowest BCUT2D eigenvalue weighted by atomic mass is 11.3. The minimum atomic E-state index is -5.33. The van der Waals surface area contributed by atoms with Gasteiger partial charge in [-0.1, -0.05) is 0 Å². The molecule has 10 N–H and O–H groups in total. The number of rotatable bonds is 0. The Balaban J connectivity index is 1.65. The van der Waals surface area contributed by atoms with Crippen LogP contribution in [0.4, 0.5) is 0 Å². The summed E-state index contributed by atoms with van der Waals surface area (Å²) in [4.78, 5) is 69.7. The van der Waals surface area contributed by atoms with Gasteiger partial charge in [-0.25, -0.2) is 0 Å². The molecule has 0 radical (unpaired) electrons. The van der Waals surface area contributed by atoms with E-state index in [-0.39, 0.29) is 0 Å². The lowest BCUT2D eigenvalue weighted by Gasteiger charge is -2.62. The largest absolute Gasteiger partial charge is 0.782 e. The Bertz CT molecular complexity index is 801. The minimum Gasteiger partial charge on any atom is -0.538 e. The Morgan fingerprint density at radius 1 is 0.897 bits per heavy atom. The second kappa shape index (κ2) is 5.39. The van der Waals surface area contributed by atoms with Gasteiger partial charge in [0.1, 0.15) is 0 Å². The van der Waals surface area contributed by atoms with Gasteiger partial charge >= 0.3 is 77.9 Å². The molecule has 26 heteroatoms. The summed E-state index contributed by atoms with van der Waals surface area (Å²) < 4.78 is 53.1. The maximum absolute atomic E-state index is 11.1. The monoisotopic (exact) mass is 562 g/mol. The number of hydrogen-bond acceptors (Lipinski definition) is 16. The fourth-order valence-electron chi connectivity index (χ4n) is 4.09. The van der Waals surface area contributed by atoms with Crippen molar-refractivity contribution in [3.8, 4) is 0 Å². The zero-order valence-electron chi connectivity index (χ0n) is 13.6. The highest BCUT2D eigenvalue weighted by Crippen LogP contribution is 2.64. The number of hydrogen-bond donors (Lipinski definition) is 6. The first kappa shape index (κ1) is 20.6. The van der Waals surface area contributed by atoms with Crippen molar-refractivity contribution in [2.75, 3.05) is 0 Å². The molecule has 0 saturated carbocycles. The van der Waals surface area contributed by atoms with Crippen LogP contribution in [-0.2, 0) is 42.7 Å². The molecule has 18 nitrogen and oxygen atoms in total. The van der Waals surface area contributed by atoms with E-state index in [1.807, 2.05) is 0 Å². The van der Waals surface area contributed by atoms with Crippen molar-refractivity contribution in [2.24, 2.45) is 0 Å². The molecule has 0 aromatic carbocycles. The van der Waals surface area contributed by atoms with Crippen LogP contribution in [0.1, 0.15) is 0 Å². The molecule has 7 fully saturated rings. The summed E-state index contributed by atoms with van der Waals surface area (Å²) >= 11 is 0. The summed E-state index contributed by atoms with van der Waals surface area (Å²) in [6.45, 7) is 0. The van der Waals surface area contributed by atoms with Gasteiger partial charge in [0.25, 0.3) is 10.1 Å². The fourth-order valence-corrected chi connectivity index (χ4v) is 37.4. The van der Waals surface area contributed by atoms with Crippen LogP contribution in [0.15, 0.2) is 0 Å². The van der Waals surface area contributed by atoms with E-state index in [9.17, 15) is 29.1 Å². The van der Waals surface area contributed by atoms with E-state index in [0.29, 0.717) is 0 Å². The highest BCUT2D eigenvalue weighted by atomic mass is 28.5. The second-order valence-corrected chi connectivity index (χ2v) is 26.0. The van der Waals surface area contributed by atoms with Crippen molar-refractivity contribution in [1.82, 2.24) is 0 Å². The van der Waals surface area contributed by atoms with E-state index in [4.69, 9.17) is 52.3 Å². The summed E-state index contributed by atoms with van der Waals surface area (Å²) in [7, 11) is -35.3. The predicted molar refractivity (Wildman–Crippen MR) is 91.2 cm³/mol. The standard InChI is InChI=1S/C3H12O18Si8/c4-1-12-25-19-26(1)2(22(1)5)13-23(6)17-24(7)18-28(10)3(15-26,27(8,9)14-2)16-29(11,20-25)21-28/h4-11,22-25H/p+2/t1?,2?,3?,22?,23?,24?,25?,26?,28?,29-/m0/s1. The average Bonchev–Trinajstić information content (AvgIpc) is 2.93. The molecule has 29 heavy (non-hydrogen) atoms. The van der Waals surface area contributed by atoms with Gasteiger partial charge in [-0.05, 0) is 0 Å². The highest BCUT2D eigenvalue weighted by Gasteiger charge is 3.11. The molecule has 0 aromatic heterocycles. The quantitative estimate of drug-likeness (QED) is 0.118. The van der Waals surface area contributed by atoms with Crippen LogP contribution in [0.25, 0.3) is 0 Å². The van der Waals surface area contributed by atoms with E-state index < -0.39 is 87.9 Å². The summed E-state index contributed by atoms with van der Waals surface area (Å²) in [5.41, 5.74) is 0. The van der Waals surface area contributed by atoms with Crippen molar-refractivity contribution in [1.29, 1.82) is 0 Å². The molecule has 7 aliphatic heterocycles. The molecule has 5 bridgehead atoms. The van der Waals surface area contributed by atoms with Crippen LogP contribution in [0.2, 0.25) is 0 Å². The fraction of sp³-hybridized carbons (Fsp3) is 1.00. The molecule has 164 valence electrons. The maximum Gasteiger partial charge on any atom is 0.782 e. The van der Waals surface area contributed by atoms with Crippen molar-refractivity contribution in [3.05, 3.63) is 0 Å². The average molecular weight is 563 g/mol. The minimum absolute atomic E-state index is 2.41. The SMILES string of the molecule is O[SiH]1O[SiH](O)O[Si]2(O)O[Si@]3(O)O[SiH]4OC5(O)[SiH]([OH2+])C6(O1)O[Si](O)([OH2+])C2(O[Si]56O4)O3. The molecule has 0 amide bonds. The van der Waals surface area contributed by atoms with Crippen LogP contribution in [0.3, 0.4) is 0 Å². The van der Waals surface area contributed by atoms with E-state index in [1.54, 1.807) is 0 Å². The van der Waals surface area contributed by atoms with Crippen LogP contribution < -0.4 is 0 Å². The summed E-state index contributed by atoms with van der Waals surface area (Å²) in [6.07, 6.45) is 0. The molecule has 10 unspecified atom stereocenters. The first-order chi connectivity index (χ1) is 13.3. The van der Waals surface area contributed by atoms with Crippen molar-refractivity contribution < 1.29 is 81.4 Å². The van der Waals surface area contributed by atoms with Gasteiger partial charge in [0.2, 0.25) is 0 Å². The highest BCUT2D eigenvalue weighted by molar-refractivity contribution is 7.10. The molecule has 0 aromatic rings. The predicted octanol–water partition coefficient (Wildman–Crippen LogP) is -10.4. The molecular formula is C3H14O18Si8+2. The Morgan fingerprint density at radius 3 is 2.34 bits per heavy atom. The third-order valence-electron chi connectivity index (χ3n) is 5.24. The normalized spacial score (nSPS) is 70.3. The smallest absolute Gasteiger partial charge is 0.538 e. The number of fused-ring (bicyclic) bond motifs is 7. The third-order valence-corrected chi connectivity index (χ3v) is 32.7.